The van der Waals surface area contributed by atoms with Gasteiger partial charge in [0.1, 0.15) is 22.6 Å². The predicted molar refractivity (Wildman–Crippen MR) is 154 cm³/mol. The van der Waals surface area contributed by atoms with E-state index in [0.717, 1.165) is 99.1 Å². The van der Waals surface area contributed by atoms with Gasteiger partial charge in [-0.05, 0) is 45.7 Å². The molecule has 5 heterocycles. The SMILES string of the molecule is CC[C@H]1CN(C)CCN1c1cc(N2CCNCC2)cc(-c2noc(C3(C)CCCc4sc(N)c(C#N)c43)n2)n1. The van der Waals surface area contributed by atoms with Gasteiger partial charge in [0, 0.05) is 74.0 Å². The number of hydrogen-bond acceptors (Lipinski definition) is 11. The number of rotatable bonds is 5. The number of nitriles is 1. The second-order valence-electron chi connectivity index (χ2n) is 11.2. The summed E-state index contributed by atoms with van der Waals surface area (Å²) >= 11 is 1.51. The number of aryl methyl sites for hydroxylation is 1. The van der Waals surface area contributed by atoms with Crippen LogP contribution in [0.1, 0.15) is 55.0 Å². The Balaban J connectivity index is 1.41. The lowest BCUT2D eigenvalue weighted by atomic mass is 9.72. The molecule has 0 saturated carbocycles. The minimum atomic E-state index is -0.554. The van der Waals surface area contributed by atoms with E-state index in [2.05, 4.69) is 64.3 Å². The van der Waals surface area contributed by atoms with Crippen molar-refractivity contribution in [2.24, 2.45) is 0 Å². The van der Waals surface area contributed by atoms with Crippen molar-refractivity contribution in [3.05, 3.63) is 34.0 Å². The van der Waals surface area contributed by atoms with Gasteiger partial charge in [-0.15, -0.1) is 11.3 Å². The first-order valence-electron chi connectivity index (χ1n) is 14.0. The zero-order valence-corrected chi connectivity index (χ0v) is 23.9. The summed E-state index contributed by atoms with van der Waals surface area (Å²) in [5.74, 6) is 1.98. The number of nitrogens with one attached hydrogen (secondary N) is 1. The quantitative estimate of drug-likeness (QED) is 0.492. The normalized spacial score (nSPS) is 24.0. The highest BCUT2D eigenvalue weighted by Gasteiger charge is 2.43. The molecule has 3 aromatic heterocycles. The fourth-order valence-corrected chi connectivity index (χ4v) is 7.58. The van der Waals surface area contributed by atoms with Gasteiger partial charge in [-0.1, -0.05) is 12.1 Å². The number of nitrogens with zero attached hydrogens (tertiary/aromatic N) is 7. The number of aromatic nitrogens is 3. The van der Waals surface area contributed by atoms with Crippen LogP contribution in [-0.4, -0.2) is 78.9 Å². The predicted octanol–water partition coefficient (Wildman–Crippen LogP) is 3.23. The number of piperazine rings is 2. The van der Waals surface area contributed by atoms with E-state index in [1.807, 2.05) is 0 Å². The summed E-state index contributed by atoms with van der Waals surface area (Å²) < 4.78 is 5.96. The largest absolute Gasteiger partial charge is 0.389 e. The molecule has 2 aliphatic heterocycles. The molecule has 39 heavy (non-hydrogen) atoms. The van der Waals surface area contributed by atoms with Gasteiger partial charge in [-0.3, -0.25) is 0 Å². The number of nitrogens with two attached hydrogens (primary N) is 1. The molecule has 2 atom stereocenters. The molecule has 0 amide bonds. The van der Waals surface area contributed by atoms with Crippen LogP contribution in [-0.2, 0) is 11.8 Å². The maximum Gasteiger partial charge on any atom is 0.237 e. The highest BCUT2D eigenvalue weighted by atomic mass is 32.1. The first-order chi connectivity index (χ1) is 18.9. The maximum absolute atomic E-state index is 9.88. The van der Waals surface area contributed by atoms with E-state index in [1.54, 1.807) is 0 Å². The molecule has 3 aliphatic rings. The second kappa shape index (κ2) is 10.4. The summed E-state index contributed by atoms with van der Waals surface area (Å²) in [6.45, 7) is 11.1. The molecule has 2 saturated heterocycles. The lowest BCUT2D eigenvalue weighted by molar-refractivity contribution is 0.263. The lowest BCUT2D eigenvalue weighted by Crippen LogP contribution is -2.52. The Bertz CT molecular complexity index is 1390. The standard InChI is InChI=1S/C28H37N9OS/c1-4-18-17-35(3)12-13-37(18)23-15-19(36-10-8-31-9-11-36)14-21(32-23)26-33-27(38-34-26)28(2)7-5-6-22-24(28)20(16-29)25(30)39-22/h14-15,18,31H,4-13,17,30H2,1-3H3/t18-,28?/m0/s1. The van der Waals surface area contributed by atoms with E-state index in [1.165, 1.54) is 11.3 Å². The third-order valence-corrected chi connectivity index (χ3v) is 9.69. The molecular weight excluding hydrogens is 510 g/mol. The van der Waals surface area contributed by atoms with Crippen molar-refractivity contribution in [1.29, 1.82) is 5.26 Å². The highest BCUT2D eigenvalue weighted by Crippen LogP contribution is 2.48. The van der Waals surface area contributed by atoms with Gasteiger partial charge < -0.3 is 30.3 Å². The summed E-state index contributed by atoms with van der Waals surface area (Å²) in [4.78, 5) is 18.5. The minimum Gasteiger partial charge on any atom is -0.389 e. The van der Waals surface area contributed by atoms with Gasteiger partial charge in [0.15, 0.2) is 0 Å². The smallest absolute Gasteiger partial charge is 0.237 e. The van der Waals surface area contributed by atoms with Crippen LogP contribution in [0.4, 0.5) is 16.5 Å². The van der Waals surface area contributed by atoms with Crippen LogP contribution >= 0.6 is 11.3 Å². The first-order valence-corrected chi connectivity index (χ1v) is 14.8. The number of fused-ring (bicyclic) bond motifs is 1. The summed E-state index contributed by atoms with van der Waals surface area (Å²) in [5.41, 5.74) is 9.05. The van der Waals surface area contributed by atoms with Gasteiger partial charge in [-0.25, -0.2) is 4.98 Å². The van der Waals surface area contributed by atoms with E-state index in [0.29, 0.717) is 28.3 Å². The number of hydrogen-bond donors (Lipinski definition) is 2. The van der Waals surface area contributed by atoms with Crippen molar-refractivity contribution >= 4 is 27.8 Å². The van der Waals surface area contributed by atoms with Crippen LogP contribution in [0, 0.1) is 11.3 Å². The molecule has 1 unspecified atom stereocenters. The van der Waals surface area contributed by atoms with E-state index >= 15 is 0 Å². The van der Waals surface area contributed by atoms with E-state index in [-0.39, 0.29) is 0 Å². The van der Waals surface area contributed by atoms with Crippen LogP contribution in [0.3, 0.4) is 0 Å². The third kappa shape index (κ3) is 4.64. The van der Waals surface area contributed by atoms with Gasteiger partial charge in [0.05, 0.1) is 11.0 Å². The molecule has 0 radical (unpaired) electrons. The Morgan fingerprint density at radius 1 is 1.23 bits per heavy atom. The van der Waals surface area contributed by atoms with Crippen molar-refractivity contribution in [3.8, 4) is 17.6 Å². The molecular formula is C28H37N9OS. The molecule has 10 nitrogen and oxygen atoms in total. The number of nitrogen functional groups attached to an aromatic ring is 1. The summed E-state index contributed by atoms with van der Waals surface area (Å²) in [5, 5.41) is 18.3. The zero-order chi connectivity index (χ0) is 27.1. The Morgan fingerprint density at radius 2 is 2.05 bits per heavy atom. The van der Waals surface area contributed by atoms with Crippen molar-refractivity contribution in [2.45, 2.75) is 51.0 Å². The number of pyridine rings is 1. The molecule has 3 N–H and O–H groups in total. The van der Waals surface area contributed by atoms with Crippen LogP contribution < -0.4 is 20.9 Å². The second-order valence-corrected chi connectivity index (χ2v) is 12.3. The van der Waals surface area contributed by atoms with Crippen molar-refractivity contribution in [3.63, 3.8) is 0 Å². The van der Waals surface area contributed by atoms with E-state index < -0.39 is 5.41 Å². The fourth-order valence-electron chi connectivity index (χ4n) is 6.39. The monoisotopic (exact) mass is 547 g/mol. The molecule has 2 fully saturated rings. The third-order valence-electron chi connectivity index (χ3n) is 8.61. The van der Waals surface area contributed by atoms with Crippen LogP contribution in [0.2, 0.25) is 0 Å². The van der Waals surface area contributed by atoms with Crippen molar-refractivity contribution in [2.75, 3.05) is 68.4 Å². The van der Waals surface area contributed by atoms with Gasteiger partial charge in [0.2, 0.25) is 11.7 Å². The fraction of sp³-hybridized carbons (Fsp3) is 0.571. The molecule has 11 heteroatoms. The summed E-state index contributed by atoms with van der Waals surface area (Å²) in [6.07, 6.45) is 3.78. The van der Waals surface area contributed by atoms with Crippen molar-refractivity contribution in [1.82, 2.24) is 25.3 Å². The zero-order valence-electron chi connectivity index (χ0n) is 23.0. The van der Waals surface area contributed by atoms with Gasteiger partial charge in [0.25, 0.3) is 0 Å². The van der Waals surface area contributed by atoms with Crippen molar-refractivity contribution < 1.29 is 4.52 Å². The summed E-state index contributed by atoms with van der Waals surface area (Å²) in [7, 11) is 2.19. The van der Waals surface area contributed by atoms with Crippen LogP contribution in [0.5, 0.6) is 0 Å². The van der Waals surface area contributed by atoms with Crippen LogP contribution in [0.25, 0.3) is 11.5 Å². The molecule has 3 aromatic rings. The van der Waals surface area contributed by atoms with Gasteiger partial charge >= 0.3 is 0 Å². The van der Waals surface area contributed by atoms with E-state index in [9.17, 15) is 5.26 Å². The average molecular weight is 548 g/mol. The Labute approximate surface area is 233 Å². The van der Waals surface area contributed by atoms with Crippen LogP contribution in [0.15, 0.2) is 16.7 Å². The number of likely N-dealkylation sites (N-methyl/N-ethyl adjacent to an activating group) is 1. The molecule has 0 aromatic carbocycles. The number of anilines is 3. The first kappa shape index (κ1) is 26.0. The van der Waals surface area contributed by atoms with E-state index in [4.69, 9.17) is 20.2 Å². The maximum atomic E-state index is 9.88. The molecule has 206 valence electrons. The average Bonchev–Trinajstić information content (AvgIpc) is 3.59. The molecule has 1 aliphatic carbocycles. The summed E-state index contributed by atoms with van der Waals surface area (Å²) in [6, 6.07) is 7.05. The Hall–Kier alpha value is -3.20. The Kier molecular flexibility index (Phi) is 6.95. The lowest BCUT2D eigenvalue weighted by Gasteiger charge is -2.41. The Morgan fingerprint density at radius 3 is 2.82 bits per heavy atom. The molecule has 0 spiro atoms. The topological polar surface area (TPSA) is 123 Å². The molecule has 0 bridgehead atoms. The van der Waals surface area contributed by atoms with Gasteiger partial charge in [-0.2, -0.15) is 10.2 Å². The molecule has 6 rings (SSSR count). The number of thiophene rings is 1. The minimum absolute atomic E-state index is 0.399. The highest BCUT2D eigenvalue weighted by molar-refractivity contribution is 7.16.